The first-order valence-corrected chi connectivity index (χ1v) is 7.13. The molecule has 1 aromatic rings. The van der Waals surface area contributed by atoms with E-state index in [1.54, 1.807) is 0 Å². The van der Waals surface area contributed by atoms with Crippen LogP contribution in [-0.2, 0) is 6.54 Å². The molecular formula is C13H17BrClNO. The minimum atomic E-state index is 0.304. The number of nitrogens with zero attached hydrogens (tertiary/aromatic N) is 1. The van der Waals surface area contributed by atoms with E-state index in [1.807, 2.05) is 12.1 Å². The van der Waals surface area contributed by atoms with Gasteiger partial charge in [-0.15, -0.1) is 0 Å². The quantitative estimate of drug-likeness (QED) is 0.924. The minimum Gasteiger partial charge on any atom is -0.396 e. The molecule has 4 heteroatoms. The summed E-state index contributed by atoms with van der Waals surface area (Å²) in [4.78, 5) is 2.40. The molecule has 0 saturated carbocycles. The molecule has 1 aliphatic heterocycles. The number of rotatable bonds is 3. The van der Waals surface area contributed by atoms with E-state index in [4.69, 9.17) is 11.6 Å². The summed E-state index contributed by atoms with van der Waals surface area (Å²) in [6.45, 7) is 3.34. The molecule has 1 unspecified atom stereocenters. The lowest BCUT2D eigenvalue weighted by molar-refractivity contribution is 0.116. The highest BCUT2D eigenvalue weighted by Crippen LogP contribution is 2.25. The van der Waals surface area contributed by atoms with Gasteiger partial charge >= 0.3 is 0 Å². The van der Waals surface area contributed by atoms with Crippen LogP contribution in [-0.4, -0.2) is 29.7 Å². The van der Waals surface area contributed by atoms with Crippen LogP contribution in [0.4, 0.5) is 0 Å². The Hall–Kier alpha value is -0.0900. The molecule has 0 aliphatic carbocycles. The summed E-state index contributed by atoms with van der Waals surface area (Å²) in [5.41, 5.74) is 1.26. The van der Waals surface area contributed by atoms with Crippen LogP contribution in [0.15, 0.2) is 22.7 Å². The lowest BCUT2D eigenvalue weighted by Crippen LogP contribution is -2.36. The molecule has 1 aliphatic rings. The van der Waals surface area contributed by atoms with Gasteiger partial charge in [-0.05, 0) is 43.0 Å². The molecule has 1 atom stereocenters. The second-order valence-corrected chi connectivity index (χ2v) is 5.95. The number of aliphatic hydroxyl groups is 1. The van der Waals surface area contributed by atoms with Crippen LogP contribution in [0.5, 0.6) is 0 Å². The first-order valence-electron chi connectivity index (χ1n) is 5.96. The van der Waals surface area contributed by atoms with E-state index in [9.17, 15) is 5.11 Å². The molecule has 0 amide bonds. The number of aliphatic hydroxyl groups excluding tert-OH is 1. The van der Waals surface area contributed by atoms with E-state index in [0.29, 0.717) is 12.5 Å². The van der Waals surface area contributed by atoms with Crippen molar-refractivity contribution in [3.63, 3.8) is 0 Å². The van der Waals surface area contributed by atoms with Crippen molar-refractivity contribution in [3.05, 3.63) is 33.3 Å². The van der Waals surface area contributed by atoms with E-state index in [-0.39, 0.29) is 0 Å². The maximum Gasteiger partial charge on any atom is 0.0471 e. The smallest absolute Gasteiger partial charge is 0.0471 e. The van der Waals surface area contributed by atoms with Gasteiger partial charge in [0.15, 0.2) is 0 Å². The lowest BCUT2D eigenvalue weighted by atomic mass is 9.98. The number of hydrogen-bond donors (Lipinski definition) is 1. The van der Waals surface area contributed by atoms with Crippen LogP contribution in [0.25, 0.3) is 0 Å². The molecule has 1 fully saturated rings. The Labute approximate surface area is 116 Å². The maximum atomic E-state index is 9.21. The zero-order chi connectivity index (χ0) is 12.3. The van der Waals surface area contributed by atoms with E-state index >= 15 is 0 Å². The molecule has 0 spiro atoms. The van der Waals surface area contributed by atoms with Gasteiger partial charge in [0.25, 0.3) is 0 Å². The fraction of sp³-hybridized carbons (Fsp3) is 0.538. The molecule has 0 bridgehead atoms. The van der Waals surface area contributed by atoms with Crippen molar-refractivity contribution < 1.29 is 5.11 Å². The van der Waals surface area contributed by atoms with Crippen LogP contribution in [0.3, 0.4) is 0 Å². The Bertz CT molecular complexity index is 386. The standard InChI is InChI=1S/C13H17BrClNO/c14-13-6-12(15)4-3-11(13)8-16-5-1-2-10(7-16)9-17/h3-4,6,10,17H,1-2,5,7-9H2. The minimum absolute atomic E-state index is 0.304. The molecule has 17 heavy (non-hydrogen) atoms. The molecule has 1 aromatic carbocycles. The molecular weight excluding hydrogens is 302 g/mol. The summed E-state index contributed by atoms with van der Waals surface area (Å²) in [6, 6.07) is 5.93. The van der Waals surface area contributed by atoms with Crippen molar-refractivity contribution >= 4 is 27.5 Å². The van der Waals surface area contributed by atoms with Crippen LogP contribution < -0.4 is 0 Å². The number of benzene rings is 1. The van der Waals surface area contributed by atoms with Crippen molar-refractivity contribution in [2.24, 2.45) is 5.92 Å². The normalized spacial score (nSPS) is 21.7. The summed E-state index contributed by atoms with van der Waals surface area (Å²) in [7, 11) is 0. The van der Waals surface area contributed by atoms with Crippen molar-refractivity contribution in [3.8, 4) is 0 Å². The second-order valence-electron chi connectivity index (χ2n) is 4.66. The van der Waals surface area contributed by atoms with Crippen LogP contribution >= 0.6 is 27.5 Å². The first kappa shape index (κ1) is 13.3. The number of piperidine rings is 1. The van der Waals surface area contributed by atoms with Crippen LogP contribution in [0.2, 0.25) is 5.02 Å². The molecule has 2 nitrogen and oxygen atoms in total. The predicted octanol–water partition coefficient (Wildman–Crippen LogP) is 3.31. The molecule has 1 N–H and O–H groups in total. The van der Waals surface area contributed by atoms with Gasteiger partial charge in [-0.1, -0.05) is 33.6 Å². The van der Waals surface area contributed by atoms with Crippen molar-refractivity contribution in [2.75, 3.05) is 19.7 Å². The first-order chi connectivity index (χ1) is 8.19. The van der Waals surface area contributed by atoms with Crippen LogP contribution in [0, 0.1) is 5.92 Å². The Kier molecular flexibility index (Phi) is 4.86. The third-order valence-corrected chi connectivity index (χ3v) is 4.24. The van der Waals surface area contributed by atoms with E-state index in [0.717, 1.165) is 35.6 Å². The topological polar surface area (TPSA) is 23.5 Å². The average molecular weight is 319 g/mol. The lowest BCUT2D eigenvalue weighted by Gasteiger charge is -2.32. The van der Waals surface area contributed by atoms with Crippen LogP contribution in [0.1, 0.15) is 18.4 Å². The zero-order valence-corrected chi connectivity index (χ0v) is 12.0. The fourth-order valence-electron chi connectivity index (χ4n) is 2.33. The number of likely N-dealkylation sites (tertiary alicyclic amines) is 1. The number of halogens is 2. The monoisotopic (exact) mass is 317 g/mol. The highest BCUT2D eigenvalue weighted by molar-refractivity contribution is 9.10. The predicted molar refractivity (Wildman–Crippen MR) is 74.2 cm³/mol. The summed E-state index contributed by atoms with van der Waals surface area (Å²) in [6.07, 6.45) is 2.32. The van der Waals surface area contributed by atoms with Crippen molar-refractivity contribution in [1.82, 2.24) is 4.90 Å². The van der Waals surface area contributed by atoms with E-state index in [1.165, 1.54) is 12.0 Å². The summed E-state index contributed by atoms with van der Waals surface area (Å²) in [5.74, 6) is 0.440. The van der Waals surface area contributed by atoms with E-state index < -0.39 is 0 Å². The molecule has 0 radical (unpaired) electrons. The van der Waals surface area contributed by atoms with Gasteiger partial charge in [0.2, 0.25) is 0 Å². The molecule has 2 rings (SSSR count). The molecule has 1 saturated heterocycles. The van der Waals surface area contributed by atoms with Gasteiger partial charge in [-0.25, -0.2) is 0 Å². The largest absolute Gasteiger partial charge is 0.396 e. The summed E-state index contributed by atoms with van der Waals surface area (Å²) < 4.78 is 1.07. The van der Waals surface area contributed by atoms with Gasteiger partial charge in [-0.2, -0.15) is 0 Å². The van der Waals surface area contributed by atoms with Gasteiger partial charge in [0, 0.05) is 29.2 Å². The van der Waals surface area contributed by atoms with E-state index in [2.05, 4.69) is 26.9 Å². The third-order valence-electron chi connectivity index (χ3n) is 3.27. The third kappa shape index (κ3) is 3.68. The second kappa shape index (κ2) is 6.19. The maximum absolute atomic E-state index is 9.21. The molecule has 94 valence electrons. The highest BCUT2D eigenvalue weighted by atomic mass is 79.9. The zero-order valence-electron chi connectivity index (χ0n) is 9.70. The highest BCUT2D eigenvalue weighted by Gasteiger charge is 2.19. The fourth-order valence-corrected chi connectivity index (χ4v) is 3.14. The summed E-state index contributed by atoms with van der Waals surface area (Å²) >= 11 is 9.47. The van der Waals surface area contributed by atoms with Crippen molar-refractivity contribution in [2.45, 2.75) is 19.4 Å². The molecule has 0 aromatic heterocycles. The van der Waals surface area contributed by atoms with Gasteiger partial charge < -0.3 is 5.11 Å². The average Bonchev–Trinajstić information content (AvgIpc) is 2.33. The Morgan fingerprint density at radius 1 is 1.47 bits per heavy atom. The summed E-state index contributed by atoms with van der Waals surface area (Å²) in [5, 5.41) is 9.97. The van der Waals surface area contributed by atoms with Gasteiger partial charge in [-0.3, -0.25) is 4.90 Å². The van der Waals surface area contributed by atoms with Crippen molar-refractivity contribution in [1.29, 1.82) is 0 Å². The Morgan fingerprint density at radius 2 is 2.29 bits per heavy atom. The SMILES string of the molecule is OCC1CCCN(Cc2ccc(Cl)cc2Br)C1. The Balaban J connectivity index is 2.00. The van der Waals surface area contributed by atoms with Gasteiger partial charge in [0.05, 0.1) is 0 Å². The van der Waals surface area contributed by atoms with Gasteiger partial charge in [0.1, 0.15) is 0 Å². The Morgan fingerprint density at radius 3 is 3.00 bits per heavy atom. The number of hydrogen-bond acceptors (Lipinski definition) is 2. The molecule has 1 heterocycles.